The number of thiol groups is 1. The summed E-state index contributed by atoms with van der Waals surface area (Å²) in [4.78, 5) is 21.0. The summed E-state index contributed by atoms with van der Waals surface area (Å²) in [5, 5.41) is 3.92. The van der Waals surface area contributed by atoms with Gasteiger partial charge in [-0.3, -0.25) is 4.90 Å². The lowest BCUT2D eigenvalue weighted by Gasteiger charge is -2.35. The fourth-order valence-electron chi connectivity index (χ4n) is 5.67. The summed E-state index contributed by atoms with van der Waals surface area (Å²) in [6.45, 7) is 9.76. The van der Waals surface area contributed by atoms with Gasteiger partial charge in [0.15, 0.2) is 0 Å². The molecular formula is C29H31N5O2S. The lowest BCUT2D eigenvalue weighted by molar-refractivity contribution is 0.0727. The number of piperazine rings is 1. The number of hydrogen-bond acceptors (Lipinski definition) is 5. The van der Waals surface area contributed by atoms with Crippen LogP contribution in [-0.4, -0.2) is 48.7 Å². The largest absolute Gasteiger partial charge is 0.448 e. The molecule has 2 aliphatic rings. The van der Waals surface area contributed by atoms with Crippen molar-refractivity contribution in [2.24, 2.45) is 5.11 Å². The molecule has 7 nitrogen and oxygen atoms in total. The van der Waals surface area contributed by atoms with Crippen molar-refractivity contribution >= 4 is 24.4 Å². The van der Waals surface area contributed by atoms with Gasteiger partial charge >= 0.3 is 6.09 Å². The summed E-state index contributed by atoms with van der Waals surface area (Å²) in [6.07, 6.45) is -0.257. The zero-order valence-corrected chi connectivity index (χ0v) is 22.3. The summed E-state index contributed by atoms with van der Waals surface area (Å²) >= 11 is 4.67. The predicted molar refractivity (Wildman–Crippen MR) is 149 cm³/mol. The molecule has 8 heteroatoms. The van der Waals surface area contributed by atoms with Gasteiger partial charge in [0.1, 0.15) is 6.61 Å². The lowest BCUT2D eigenvalue weighted by atomic mass is 9.96. The number of rotatable bonds is 5. The van der Waals surface area contributed by atoms with Crippen LogP contribution in [0.1, 0.15) is 39.3 Å². The van der Waals surface area contributed by atoms with Gasteiger partial charge in [0, 0.05) is 54.1 Å². The van der Waals surface area contributed by atoms with Crippen LogP contribution < -0.4 is 0 Å². The monoisotopic (exact) mass is 513 g/mol. The van der Waals surface area contributed by atoms with E-state index in [9.17, 15) is 4.79 Å². The van der Waals surface area contributed by atoms with E-state index >= 15 is 0 Å². The van der Waals surface area contributed by atoms with Crippen LogP contribution in [0.2, 0.25) is 0 Å². The van der Waals surface area contributed by atoms with Gasteiger partial charge in [-0.15, -0.1) is 12.6 Å². The third-order valence-corrected chi connectivity index (χ3v) is 8.49. The van der Waals surface area contributed by atoms with E-state index < -0.39 is 0 Å². The maximum absolute atomic E-state index is 13.0. The Morgan fingerprint density at radius 1 is 0.973 bits per heavy atom. The van der Waals surface area contributed by atoms with Crippen molar-refractivity contribution in [3.05, 3.63) is 92.4 Å². The molecule has 37 heavy (non-hydrogen) atoms. The molecule has 0 N–H and O–H groups in total. The van der Waals surface area contributed by atoms with Gasteiger partial charge in [0.2, 0.25) is 0 Å². The summed E-state index contributed by atoms with van der Waals surface area (Å²) in [5.74, 6) is 0.0609. The standard InChI is InChI=1S/C29H31N5O2S/c1-18-25(19(2)28(37)20(3)27(18)31-32-30)16-33-12-14-34(15-13-33)29(35)36-17-26-23-10-6-4-8-21(23)22-9-5-7-11-24(22)26/h4-11,26,37H,12-17H2,1-3H3. The Bertz CT molecular complexity index is 1360. The molecule has 5 rings (SSSR count). The molecule has 3 aromatic carbocycles. The number of azide groups is 1. The fraction of sp³-hybridized carbons (Fsp3) is 0.345. The molecule has 1 aliphatic heterocycles. The molecule has 0 aromatic heterocycles. The zero-order valence-electron chi connectivity index (χ0n) is 21.4. The highest BCUT2D eigenvalue weighted by molar-refractivity contribution is 7.80. The van der Waals surface area contributed by atoms with Crippen molar-refractivity contribution in [2.45, 2.75) is 38.1 Å². The van der Waals surface area contributed by atoms with Crippen LogP contribution in [0.5, 0.6) is 0 Å². The molecule has 0 atom stereocenters. The van der Waals surface area contributed by atoms with Crippen molar-refractivity contribution < 1.29 is 9.53 Å². The maximum Gasteiger partial charge on any atom is 0.409 e. The Morgan fingerprint density at radius 2 is 1.57 bits per heavy atom. The van der Waals surface area contributed by atoms with E-state index in [1.165, 1.54) is 22.3 Å². The van der Waals surface area contributed by atoms with Gasteiger partial charge in [-0.1, -0.05) is 53.6 Å². The molecule has 0 radical (unpaired) electrons. The third kappa shape index (κ3) is 4.68. The summed E-state index contributed by atoms with van der Waals surface area (Å²) in [7, 11) is 0. The smallest absolute Gasteiger partial charge is 0.409 e. The molecule has 1 aliphatic carbocycles. The molecular weight excluding hydrogens is 482 g/mol. The number of nitrogens with zero attached hydrogens (tertiary/aromatic N) is 5. The van der Waals surface area contributed by atoms with Crippen LogP contribution in [0.4, 0.5) is 10.5 Å². The van der Waals surface area contributed by atoms with Crippen LogP contribution in [0.25, 0.3) is 21.6 Å². The highest BCUT2D eigenvalue weighted by Gasteiger charge is 2.30. The zero-order chi connectivity index (χ0) is 26.1. The van der Waals surface area contributed by atoms with Gasteiger partial charge in [-0.05, 0) is 70.8 Å². The normalized spacial score (nSPS) is 15.2. The minimum Gasteiger partial charge on any atom is -0.448 e. The molecule has 1 fully saturated rings. The minimum atomic E-state index is -0.257. The van der Waals surface area contributed by atoms with Crippen LogP contribution in [-0.2, 0) is 11.3 Å². The van der Waals surface area contributed by atoms with Gasteiger partial charge in [-0.2, -0.15) is 0 Å². The number of hydrogen-bond donors (Lipinski definition) is 1. The number of benzene rings is 3. The number of carbonyl (C=O) groups excluding carboxylic acids is 1. The van der Waals surface area contributed by atoms with Crippen molar-refractivity contribution in [3.63, 3.8) is 0 Å². The van der Waals surface area contributed by atoms with Gasteiger partial charge in [0.25, 0.3) is 0 Å². The van der Waals surface area contributed by atoms with Crippen molar-refractivity contribution in [1.82, 2.24) is 9.80 Å². The topological polar surface area (TPSA) is 81.5 Å². The second kappa shape index (κ2) is 10.5. The number of carbonyl (C=O) groups is 1. The van der Waals surface area contributed by atoms with Crippen LogP contribution in [0.15, 0.2) is 58.5 Å². The van der Waals surface area contributed by atoms with E-state index in [4.69, 9.17) is 10.3 Å². The van der Waals surface area contributed by atoms with E-state index in [1.54, 1.807) is 4.90 Å². The molecule has 0 saturated carbocycles. The molecule has 1 heterocycles. The first-order valence-corrected chi connectivity index (χ1v) is 13.0. The first kappa shape index (κ1) is 25.2. The second-order valence-electron chi connectivity index (χ2n) is 9.81. The first-order valence-electron chi connectivity index (χ1n) is 12.6. The molecule has 0 bridgehead atoms. The van der Waals surface area contributed by atoms with Crippen molar-refractivity contribution in [3.8, 4) is 11.1 Å². The first-order chi connectivity index (χ1) is 17.9. The highest BCUT2D eigenvalue weighted by atomic mass is 32.1. The molecule has 1 amide bonds. The molecule has 1 saturated heterocycles. The molecule has 3 aromatic rings. The van der Waals surface area contributed by atoms with Crippen molar-refractivity contribution in [2.75, 3.05) is 32.8 Å². The van der Waals surface area contributed by atoms with Crippen LogP contribution >= 0.6 is 12.6 Å². The Kier molecular flexibility index (Phi) is 7.15. The van der Waals surface area contributed by atoms with E-state index in [2.05, 4.69) is 70.9 Å². The Morgan fingerprint density at radius 3 is 2.16 bits per heavy atom. The SMILES string of the molecule is Cc1c(S)c(C)c(N=[N+]=[N-])c(C)c1CN1CCN(C(=O)OCC2c3ccccc3-c3ccccc32)CC1. The minimum absolute atomic E-state index is 0.0609. The summed E-state index contributed by atoms with van der Waals surface area (Å²) in [5.41, 5.74) is 18.7. The van der Waals surface area contributed by atoms with Gasteiger partial charge < -0.3 is 9.64 Å². The third-order valence-electron chi connectivity index (χ3n) is 7.82. The average Bonchev–Trinajstić information content (AvgIpc) is 3.25. The second-order valence-corrected chi connectivity index (χ2v) is 10.3. The Labute approximate surface area is 223 Å². The Hall–Kier alpha value is -3.45. The predicted octanol–water partition coefficient (Wildman–Crippen LogP) is 6.91. The van der Waals surface area contributed by atoms with E-state index in [0.29, 0.717) is 25.4 Å². The van der Waals surface area contributed by atoms with E-state index in [1.807, 2.05) is 26.0 Å². The average molecular weight is 514 g/mol. The van der Waals surface area contributed by atoms with Crippen molar-refractivity contribution in [1.29, 1.82) is 0 Å². The van der Waals surface area contributed by atoms with E-state index in [0.717, 1.165) is 46.8 Å². The molecule has 0 spiro atoms. The lowest BCUT2D eigenvalue weighted by Crippen LogP contribution is -2.48. The number of ether oxygens (including phenoxy) is 1. The van der Waals surface area contributed by atoms with Crippen LogP contribution in [0, 0.1) is 20.8 Å². The maximum atomic E-state index is 13.0. The molecule has 190 valence electrons. The van der Waals surface area contributed by atoms with Crippen LogP contribution in [0.3, 0.4) is 0 Å². The van der Waals surface area contributed by atoms with E-state index in [-0.39, 0.29) is 12.0 Å². The summed E-state index contributed by atoms with van der Waals surface area (Å²) in [6, 6.07) is 16.7. The number of amides is 1. The summed E-state index contributed by atoms with van der Waals surface area (Å²) < 4.78 is 5.85. The highest BCUT2D eigenvalue weighted by Crippen LogP contribution is 2.44. The van der Waals surface area contributed by atoms with Gasteiger partial charge in [0.05, 0.1) is 0 Å². The van der Waals surface area contributed by atoms with Gasteiger partial charge in [-0.25, -0.2) is 4.79 Å². The molecule has 0 unspecified atom stereocenters. The Balaban J connectivity index is 1.21. The fourth-order valence-corrected chi connectivity index (χ4v) is 5.91. The number of fused-ring (bicyclic) bond motifs is 3. The quantitative estimate of drug-likeness (QED) is 0.174.